The van der Waals surface area contributed by atoms with Gasteiger partial charge >= 0.3 is 0 Å². The molecule has 2 atom stereocenters. The van der Waals surface area contributed by atoms with Crippen molar-refractivity contribution in [1.29, 1.82) is 0 Å². The van der Waals surface area contributed by atoms with E-state index in [0.717, 1.165) is 11.3 Å². The minimum atomic E-state index is -0.609. The molecule has 0 radical (unpaired) electrons. The Morgan fingerprint density at radius 2 is 1.67 bits per heavy atom. The van der Waals surface area contributed by atoms with Gasteiger partial charge in [-0.2, -0.15) is 0 Å². The van der Waals surface area contributed by atoms with E-state index < -0.39 is 12.2 Å². The van der Waals surface area contributed by atoms with Gasteiger partial charge in [0.2, 0.25) is 0 Å². The van der Waals surface area contributed by atoms with Crippen LogP contribution in [-0.4, -0.2) is 17.1 Å². The van der Waals surface area contributed by atoms with E-state index in [0.29, 0.717) is 5.75 Å². The van der Waals surface area contributed by atoms with Crippen LogP contribution in [0.25, 0.3) is 0 Å². The first-order valence-electron chi connectivity index (χ1n) is 6.87. The number of rotatable bonds is 5. The summed E-state index contributed by atoms with van der Waals surface area (Å²) in [5.41, 5.74) is 1.55. The van der Waals surface area contributed by atoms with Gasteiger partial charge < -0.3 is 15.2 Å². The Morgan fingerprint density at radius 1 is 1.05 bits per heavy atom. The lowest BCUT2D eigenvalue weighted by Crippen LogP contribution is -2.30. The molecule has 0 bridgehead atoms. The maximum absolute atomic E-state index is 12.0. The third kappa shape index (κ3) is 4.33. The van der Waals surface area contributed by atoms with E-state index in [9.17, 15) is 9.90 Å². The number of anilines is 1. The monoisotopic (exact) mass is 285 g/mol. The van der Waals surface area contributed by atoms with E-state index in [1.54, 1.807) is 38.1 Å². The van der Waals surface area contributed by atoms with Crippen LogP contribution in [0, 0.1) is 0 Å². The third-order valence-corrected chi connectivity index (χ3v) is 3.09. The minimum absolute atomic E-state index is 0.208. The molecule has 2 unspecified atom stereocenters. The number of benzene rings is 2. The zero-order valence-corrected chi connectivity index (χ0v) is 12.1. The Kier molecular flexibility index (Phi) is 4.95. The van der Waals surface area contributed by atoms with Crippen molar-refractivity contribution < 1.29 is 14.6 Å². The van der Waals surface area contributed by atoms with Gasteiger partial charge in [0.25, 0.3) is 5.91 Å². The van der Waals surface area contributed by atoms with Crippen LogP contribution < -0.4 is 10.1 Å². The van der Waals surface area contributed by atoms with Crippen LogP contribution in [0.5, 0.6) is 5.75 Å². The Morgan fingerprint density at radius 3 is 2.24 bits per heavy atom. The van der Waals surface area contributed by atoms with E-state index in [-0.39, 0.29) is 5.91 Å². The lowest BCUT2D eigenvalue weighted by atomic mass is 10.1. The van der Waals surface area contributed by atoms with Crippen molar-refractivity contribution in [3.8, 4) is 5.75 Å². The number of hydrogen-bond acceptors (Lipinski definition) is 3. The number of hydrogen-bond donors (Lipinski definition) is 2. The maximum Gasteiger partial charge on any atom is 0.265 e. The number of aliphatic hydroxyl groups excluding tert-OH is 1. The van der Waals surface area contributed by atoms with Crippen LogP contribution in [0.4, 0.5) is 5.69 Å². The van der Waals surface area contributed by atoms with E-state index in [1.165, 1.54) is 0 Å². The first kappa shape index (κ1) is 15.1. The molecule has 0 saturated heterocycles. The second-order valence-corrected chi connectivity index (χ2v) is 4.86. The topological polar surface area (TPSA) is 58.6 Å². The first-order valence-corrected chi connectivity index (χ1v) is 6.87. The molecule has 2 aromatic carbocycles. The molecular weight excluding hydrogens is 266 g/mol. The fourth-order valence-electron chi connectivity index (χ4n) is 1.85. The summed E-state index contributed by atoms with van der Waals surface area (Å²) in [6.45, 7) is 3.40. The molecule has 0 heterocycles. The number of amides is 1. The summed E-state index contributed by atoms with van der Waals surface area (Å²) in [7, 11) is 0. The predicted molar refractivity (Wildman–Crippen MR) is 82.2 cm³/mol. The van der Waals surface area contributed by atoms with Crippen molar-refractivity contribution >= 4 is 11.6 Å². The van der Waals surface area contributed by atoms with Gasteiger partial charge in [-0.1, -0.05) is 30.3 Å². The normalized spacial score (nSPS) is 13.3. The molecule has 0 saturated carbocycles. The number of carbonyl (C=O) groups is 1. The molecule has 1 amide bonds. The van der Waals surface area contributed by atoms with Crippen molar-refractivity contribution in [2.45, 2.75) is 26.1 Å². The zero-order chi connectivity index (χ0) is 15.2. The van der Waals surface area contributed by atoms with E-state index in [1.807, 2.05) is 30.3 Å². The van der Waals surface area contributed by atoms with Crippen molar-refractivity contribution in [2.24, 2.45) is 0 Å². The standard InChI is InChI=1S/C17H19NO3/c1-12(19)14-8-10-16(11-9-14)21-13(2)17(20)18-15-6-4-3-5-7-15/h3-13,19H,1-2H3,(H,18,20). The molecule has 110 valence electrons. The Balaban J connectivity index is 1.94. The lowest BCUT2D eigenvalue weighted by Gasteiger charge is -2.15. The predicted octanol–water partition coefficient (Wildman–Crippen LogP) is 3.15. The summed E-state index contributed by atoms with van der Waals surface area (Å²) in [6.07, 6.45) is -1.12. The van der Waals surface area contributed by atoms with Crippen LogP contribution >= 0.6 is 0 Å². The summed E-state index contributed by atoms with van der Waals surface area (Å²) in [4.78, 5) is 12.0. The van der Waals surface area contributed by atoms with Gasteiger partial charge in [0.15, 0.2) is 6.10 Å². The van der Waals surface area contributed by atoms with Crippen LogP contribution in [0.15, 0.2) is 54.6 Å². The molecular formula is C17H19NO3. The number of nitrogens with one attached hydrogen (secondary N) is 1. The summed E-state index contributed by atoms with van der Waals surface area (Å²) in [6, 6.07) is 16.3. The van der Waals surface area contributed by atoms with Crippen molar-refractivity contribution in [1.82, 2.24) is 0 Å². The Labute approximate surface area is 124 Å². The van der Waals surface area contributed by atoms with Crippen molar-refractivity contribution in [3.05, 3.63) is 60.2 Å². The lowest BCUT2D eigenvalue weighted by molar-refractivity contribution is -0.122. The third-order valence-electron chi connectivity index (χ3n) is 3.09. The second kappa shape index (κ2) is 6.90. The molecule has 2 N–H and O–H groups in total. The Hall–Kier alpha value is -2.33. The molecule has 0 aliphatic rings. The van der Waals surface area contributed by atoms with Crippen LogP contribution in [0.2, 0.25) is 0 Å². The van der Waals surface area contributed by atoms with Crippen LogP contribution in [0.3, 0.4) is 0 Å². The SMILES string of the molecule is CC(Oc1ccc(C(C)O)cc1)C(=O)Nc1ccccc1. The fraction of sp³-hybridized carbons (Fsp3) is 0.235. The molecule has 0 spiro atoms. The fourth-order valence-corrected chi connectivity index (χ4v) is 1.85. The van der Waals surface area contributed by atoms with Crippen LogP contribution in [0.1, 0.15) is 25.5 Å². The van der Waals surface area contributed by atoms with Crippen molar-refractivity contribution in [3.63, 3.8) is 0 Å². The van der Waals surface area contributed by atoms with Crippen molar-refractivity contribution in [2.75, 3.05) is 5.32 Å². The highest BCUT2D eigenvalue weighted by Gasteiger charge is 2.14. The Bertz CT molecular complexity index is 579. The largest absolute Gasteiger partial charge is 0.481 e. The maximum atomic E-state index is 12.0. The molecule has 0 fully saturated rings. The smallest absolute Gasteiger partial charge is 0.265 e. The molecule has 21 heavy (non-hydrogen) atoms. The van der Waals surface area contributed by atoms with Gasteiger partial charge in [-0.05, 0) is 43.7 Å². The summed E-state index contributed by atoms with van der Waals surface area (Å²) in [5.74, 6) is 0.385. The van der Waals surface area contributed by atoms with Gasteiger partial charge in [-0.15, -0.1) is 0 Å². The van der Waals surface area contributed by atoms with Gasteiger partial charge in [0, 0.05) is 5.69 Å². The first-order chi connectivity index (χ1) is 10.1. The number of aliphatic hydroxyl groups is 1. The molecule has 0 aromatic heterocycles. The average Bonchev–Trinajstić information content (AvgIpc) is 2.48. The zero-order valence-electron chi connectivity index (χ0n) is 12.1. The number of ether oxygens (including phenoxy) is 1. The van der Waals surface area contributed by atoms with Gasteiger partial charge in [-0.3, -0.25) is 4.79 Å². The molecule has 2 aromatic rings. The average molecular weight is 285 g/mol. The molecule has 2 rings (SSSR count). The number of para-hydroxylation sites is 1. The molecule has 4 heteroatoms. The second-order valence-electron chi connectivity index (χ2n) is 4.86. The summed E-state index contributed by atoms with van der Waals surface area (Å²) >= 11 is 0. The van der Waals surface area contributed by atoms with Crippen LogP contribution in [-0.2, 0) is 4.79 Å². The molecule has 0 aliphatic carbocycles. The van der Waals surface area contributed by atoms with E-state index >= 15 is 0 Å². The number of carbonyl (C=O) groups excluding carboxylic acids is 1. The van der Waals surface area contributed by atoms with Gasteiger partial charge in [0.05, 0.1) is 6.10 Å². The van der Waals surface area contributed by atoms with E-state index in [2.05, 4.69) is 5.32 Å². The van der Waals surface area contributed by atoms with Gasteiger partial charge in [-0.25, -0.2) is 0 Å². The van der Waals surface area contributed by atoms with Gasteiger partial charge in [0.1, 0.15) is 5.75 Å². The quantitative estimate of drug-likeness (QED) is 0.887. The summed E-state index contributed by atoms with van der Waals surface area (Å²) in [5, 5.41) is 12.2. The highest BCUT2D eigenvalue weighted by molar-refractivity contribution is 5.94. The highest BCUT2D eigenvalue weighted by atomic mass is 16.5. The highest BCUT2D eigenvalue weighted by Crippen LogP contribution is 2.18. The molecule has 4 nitrogen and oxygen atoms in total. The summed E-state index contributed by atoms with van der Waals surface area (Å²) < 4.78 is 5.59. The van der Waals surface area contributed by atoms with E-state index in [4.69, 9.17) is 4.74 Å². The molecule has 0 aliphatic heterocycles. The minimum Gasteiger partial charge on any atom is -0.481 e.